The smallest absolute Gasteiger partial charge is 0.136 e. The molecule has 2 nitrogen and oxygen atoms in total. The molecule has 0 amide bonds. The van der Waals surface area contributed by atoms with Crippen LogP contribution in [-0.2, 0) is 9.53 Å². The highest BCUT2D eigenvalue weighted by Crippen LogP contribution is 2.28. The highest BCUT2D eigenvalue weighted by Gasteiger charge is 2.24. The second kappa shape index (κ2) is 6.39. The number of carbonyl (C=O) groups excluding carboxylic acids is 1. The van der Waals surface area contributed by atoms with Crippen LogP contribution in [-0.4, -0.2) is 19.0 Å². The minimum Gasteiger partial charge on any atom is -0.381 e. The summed E-state index contributed by atoms with van der Waals surface area (Å²) in [4.78, 5) is 12.1. The van der Waals surface area contributed by atoms with Gasteiger partial charge in [0.1, 0.15) is 5.78 Å². The van der Waals surface area contributed by atoms with E-state index < -0.39 is 0 Å². The van der Waals surface area contributed by atoms with E-state index in [0.29, 0.717) is 17.6 Å². The van der Waals surface area contributed by atoms with E-state index in [2.05, 4.69) is 0 Å². The Kier molecular flexibility index (Phi) is 4.83. The van der Waals surface area contributed by atoms with Crippen LogP contribution < -0.4 is 0 Å². The van der Waals surface area contributed by atoms with E-state index in [0.717, 1.165) is 32.5 Å². The zero-order valence-electron chi connectivity index (χ0n) is 10.2. The van der Waals surface area contributed by atoms with Crippen LogP contribution in [0.15, 0.2) is 0 Å². The lowest BCUT2D eigenvalue weighted by molar-refractivity contribution is -0.126. The molecule has 1 aliphatic carbocycles. The van der Waals surface area contributed by atoms with Crippen LogP contribution in [0.1, 0.15) is 57.8 Å². The van der Waals surface area contributed by atoms with Crippen LogP contribution >= 0.6 is 0 Å². The fourth-order valence-corrected chi connectivity index (χ4v) is 3.04. The third-order valence-electron chi connectivity index (χ3n) is 4.14. The summed E-state index contributed by atoms with van der Waals surface area (Å²) in [6, 6.07) is 0. The molecule has 1 heterocycles. The lowest BCUT2D eigenvalue weighted by Crippen LogP contribution is -2.25. The maximum atomic E-state index is 12.1. The number of ketones is 1. The van der Waals surface area contributed by atoms with Crippen LogP contribution in [0.25, 0.3) is 0 Å². The molecule has 16 heavy (non-hydrogen) atoms. The Bertz CT molecular complexity index is 211. The second-order valence-electron chi connectivity index (χ2n) is 5.41. The van der Waals surface area contributed by atoms with Crippen LogP contribution in [0.5, 0.6) is 0 Å². The van der Waals surface area contributed by atoms with E-state index in [1.165, 1.54) is 38.5 Å². The minimum absolute atomic E-state index is 0.317. The average Bonchev–Trinajstić information content (AvgIpc) is 2.59. The topological polar surface area (TPSA) is 26.3 Å². The lowest BCUT2D eigenvalue weighted by Gasteiger charge is -2.23. The molecule has 1 saturated carbocycles. The molecule has 1 saturated heterocycles. The molecule has 2 aliphatic rings. The van der Waals surface area contributed by atoms with Crippen molar-refractivity contribution in [2.75, 3.05) is 13.2 Å². The van der Waals surface area contributed by atoms with E-state index >= 15 is 0 Å². The van der Waals surface area contributed by atoms with Crippen LogP contribution in [0.2, 0.25) is 0 Å². The Labute approximate surface area is 98.7 Å². The molecule has 0 radical (unpaired) electrons. The highest BCUT2D eigenvalue weighted by atomic mass is 16.5. The van der Waals surface area contributed by atoms with Gasteiger partial charge in [0, 0.05) is 25.6 Å². The van der Waals surface area contributed by atoms with Crippen molar-refractivity contribution in [3.63, 3.8) is 0 Å². The Balaban J connectivity index is 1.76. The molecule has 2 heteroatoms. The van der Waals surface area contributed by atoms with Crippen molar-refractivity contribution in [3.05, 3.63) is 0 Å². The molecular weight excluding hydrogens is 200 g/mol. The zero-order valence-corrected chi connectivity index (χ0v) is 10.2. The summed E-state index contributed by atoms with van der Waals surface area (Å²) < 4.78 is 5.31. The fourth-order valence-electron chi connectivity index (χ4n) is 3.04. The lowest BCUT2D eigenvalue weighted by atomic mass is 9.86. The Morgan fingerprint density at radius 3 is 2.19 bits per heavy atom. The molecule has 2 fully saturated rings. The molecule has 1 aliphatic heterocycles. The summed E-state index contributed by atoms with van der Waals surface area (Å²) in [5.41, 5.74) is 0. The summed E-state index contributed by atoms with van der Waals surface area (Å²) in [5.74, 6) is 1.53. The SMILES string of the molecule is O=C(CC1CCCCCC1)C1CCOCC1. The zero-order chi connectivity index (χ0) is 11.2. The van der Waals surface area contributed by atoms with Gasteiger partial charge in [-0.15, -0.1) is 0 Å². The number of rotatable bonds is 3. The molecule has 0 aromatic heterocycles. The van der Waals surface area contributed by atoms with E-state index in [-0.39, 0.29) is 0 Å². The van der Waals surface area contributed by atoms with Gasteiger partial charge >= 0.3 is 0 Å². The van der Waals surface area contributed by atoms with Gasteiger partial charge in [-0.25, -0.2) is 0 Å². The maximum Gasteiger partial charge on any atom is 0.136 e. The largest absolute Gasteiger partial charge is 0.381 e. The molecule has 92 valence electrons. The fraction of sp³-hybridized carbons (Fsp3) is 0.929. The van der Waals surface area contributed by atoms with Gasteiger partial charge in [0.25, 0.3) is 0 Å². The van der Waals surface area contributed by atoms with Crippen LogP contribution in [0.3, 0.4) is 0 Å². The third-order valence-corrected chi connectivity index (χ3v) is 4.14. The normalized spacial score (nSPS) is 25.2. The molecule has 2 rings (SSSR count). The van der Waals surface area contributed by atoms with Crippen molar-refractivity contribution in [1.29, 1.82) is 0 Å². The average molecular weight is 224 g/mol. The summed E-state index contributed by atoms with van der Waals surface area (Å²) >= 11 is 0. The number of Topliss-reactive ketones (excluding diaryl/α,β-unsaturated/α-hetero) is 1. The van der Waals surface area contributed by atoms with Crippen LogP contribution in [0.4, 0.5) is 0 Å². The first-order valence-electron chi connectivity index (χ1n) is 6.96. The Morgan fingerprint density at radius 2 is 1.56 bits per heavy atom. The summed E-state index contributed by atoms with van der Waals surface area (Å²) in [6.07, 6.45) is 10.8. The van der Waals surface area contributed by atoms with Gasteiger partial charge in [0.15, 0.2) is 0 Å². The molecule has 0 spiro atoms. The van der Waals surface area contributed by atoms with Crippen molar-refractivity contribution in [2.45, 2.75) is 57.8 Å². The minimum atomic E-state index is 0.317. The molecule has 0 unspecified atom stereocenters. The Hall–Kier alpha value is -0.370. The summed E-state index contributed by atoms with van der Waals surface area (Å²) in [7, 11) is 0. The van der Waals surface area contributed by atoms with Gasteiger partial charge in [0.2, 0.25) is 0 Å². The van der Waals surface area contributed by atoms with Crippen molar-refractivity contribution < 1.29 is 9.53 Å². The van der Waals surface area contributed by atoms with Crippen molar-refractivity contribution in [2.24, 2.45) is 11.8 Å². The van der Waals surface area contributed by atoms with Crippen molar-refractivity contribution in [3.8, 4) is 0 Å². The maximum absolute atomic E-state index is 12.1. The van der Waals surface area contributed by atoms with Gasteiger partial charge in [-0.2, -0.15) is 0 Å². The van der Waals surface area contributed by atoms with E-state index in [9.17, 15) is 4.79 Å². The van der Waals surface area contributed by atoms with Gasteiger partial charge < -0.3 is 4.74 Å². The van der Waals surface area contributed by atoms with Crippen molar-refractivity contribution in [1.82, 2.24) is 0 Å². The first kappa shape index (κ1) is 12.1. The number of hydrogen-bond donors (Lipinski definition) is 0. The van der Waals surface area contributed by atoms with E-state index in [4.69, 9.17) is 4.74 Å². The monoisotopic (exact) mass is 224 g/mol. The van der Waals surface area contributed by atoms with Gasteiger partial charge in [-0.3, -0.25) is 4.79 Å². The van der Waals surface area contributed by atoms with E-state index in [1.54, 1.807) is 0 Å². The quantitative estimate of drug-likeness (QED) is 0.687. The van der Waals surface area contributed by atoms with Crippen molar-refractivity contribution >= 4 is 5.78 Å². The third kappa shape index (κ3) is 3.58. The predicted molar refractivity (Wildman–Crippen MR) is 64.4 cm³/mol. The molecule has 0 N–H and O–H groups in total. The molecule has 0 aromatic carbocycles. The first-order valence-corrected chi connectivity index (χ1v) is 6.96. The summed E-state index contributed by atoms with van der Waals surface area (Å²) in [5, 5.41) is 0. The molecule has 0 bridgehead atoms. The van der Waals surface area contributed by atoms with E-state index in [1.807, 2.05) is 0 Å². The molecule has 0 atom stereocenters. The molecular formula is C14H24O2. The van der Waals surface area contributed by atoms with Crippen LogP contribution in [0, 0.1) is 11.8 Å². The first-order chi connectivity index (χ1) is 7.86. The number of hydrogen-bond acceptors (Lipinski definition) is 2. The highest BCUT2D eigenvalue weighted by molar-refractivity contribution is 5.81. The van der Waals surface area contributed by atoms with Gasteiger partial charge in [0.05, 0.1) is 0 Å². The standard InChI is InChI=1S/C14H24O2/c15-14(13-7-9-16-10-8-13)11-12-5-3-1-2-4-6-12/h12-13H,1-11H2. The summed E-state index contributed by atoms with van der Waals surface area (Å²) in [6.45, 7) is 1.59. The van der Waals surface area contributed by atoms with Gasteiger partial charge in [-0.1, -0.05) is 38.5 Å². The van der Waals surface area contributed by atoms with Gasteiger partial charge in [-0.05, 0) is 18.8 Å². The number of ether oxygens (including phenoxy) is 1. The predicted octanol–water partition coefficient (Wildman–Crippen LogP) is 3.34. The second-order valence-corrected chi connectivity index (χ2v) is 5.41. The Morgan fingerprint density at radius 1 is 0.938 bits per heavy atom. The molecule has 0 aromatic rings. The number of carbonyl (C=O) groups is 1.